The lowest BCUT2D eigenvalue weighted by Crippen LogP contribution is -2.25. The van der Waals surface area contributed by atoms with Crippen molar-refractivity contribution in [3.8, 4) is 0 Å². The summed E-state index contributed by atoms with van der Waals surface area (Å²) in [6, 6.07) is 0. The van der Waals surface area contributed by atoms with Crippen molar-refractivity contribution in [1.29, 1.82) is 0 Å². The number of nitro groups is 1. The molecule has 1 rings (SSSR count). The zero-order chi connectivity index (χ0) is 9.03. The normalized spacial score (nSPS) is 18.4. The third-order valence-electron chi connectivity index (χ3n) is 1.66. The fraction of sp³-hybridized carbons (Fsp3) is 0.714. The van der Waals surface area contributed by atoms with Crippen molar-refractivity contribution in [2.75, 3.05) is 6.54 Å². The summed E-state index contributed by atoms with van der Waals surface area (Å²) < 4.78 is 10.2. The molecule has 12 heavy (non-hydrogen) atoms. The molecule has 0 aromatic heterocycles. The van der Waals surface area contributed by atoms with Crippen molar-refractivity contribution >= 4 is 0 Å². The van der Waals surface area contributed by atoms with Gasteiger partial charge in [0, 0.05) is 24.7 Å². The SMILES string of the molecule is CC1(CCC[N+](=O)[O-])OC=CO1. The summed E-state index contributed by atoms with van der Waals surface area (Å²) in [5.41, 5.74) is 0. The van der Waals surface area contributed by atoms with Gasteiger partial charge in [0.2, 0.25) is 12.3 Å². The molecular formula is C7H11NO4. The van der Waals surface area contributed by atoms with Crippen LogP contribution in [-0.2, 0) is 9.47 Å². The van der Waals surface area contributed by atoms with Gasteiger partial charge in [0.15, 0.2) is 0 Å². The van der Waals surface area contributed by atoms with Gasteiger partial charge in [0.05, 0.1) is 0 Å². The molecule has 1 aliphatic heterocycles. The largest absolute Gasteiger partial charge is 0.457 e. The third kappa shape index (κ3) is 2.41. The molecule has 0 fully saturated rings. The topological polar surface area (TPSA) is 61.6 Å². The Labute approximate surface area is 70.1 Å². The van der Waals surface area contributed by atoms with E-state index in [1.807, 2.05) is 0 Å². The van der Waals surface area contributed by atoms with Crippen LogP contribution in [0.4, 0.5) is 0 Å². The van der Waals surface area contributed by atoms with Crippen molar-refractivity contribution in [2.24, 2.45) is 0 Å². The van der Waals surface area contributed by atoms with E-state index >= 15 is 0 Å². The lowest BCUT2D eigenvalue weighted by atomic mass is 10.2. The molecule has 0 atom stereocenters. The van der Waals surface area contributed by atoms with E-state index in [0.717, 1.165) is 0 Å². The fourth-order valence-electron chi connectivity index (χ4n) is 1.02. The van der Waals surface area contributed by atoms with E-state index in [0.29, 0.717) is 12.8 Å². The maximum absolute atomic E-state index is 9.99. The summed E-state index contributed by atoms with van der Waals surface area (Å²) in [6.45, 7) is 1.72. The fourth-order valence-corrected chi connectivity index (χ4v) is 1.02. The first kappa shape index (κ1) is 8.83. The summed E-state index contributed by atoms with van der Waals surface area (Å²) in [5, 5.41) is 9.99. The van der Waals surface area contributed by atoms with Crippen molar-refractivity contribution in [1.82, 2.24) is 0 Å². The number of hydrogen-bond acceptors (Lipinski definition) is 4. The summed E-state index contributed by atoms with van der Waals surface area (Å²) in [6.07, 6.45) is 3.89. The molecule has 0 unspecified atom stereocenters. The van der Waals surface area contributed by atoms with E-state index in [4.69, 9.17) is 9.47 Å². The maximum atomic E-state index is 9.99. The first-order chi connectivity index (χ1) is 5.62. The van der Waals surface area contributed by atoms with E-state index in [1.165, 1.54) is 12.5 Å². The molecule has 0 aromatic carbocycles. The van der Waals surface area contributed by atoms with Gasteiger partial charge in [-0.3, -0.25) is 10.1 Å². The Morgan fingerprint density at radius 2 is 2.08 bits per heavy atom. The standard InChI is InChI=1S/C7H11NO4/c1-7(11-5-6-12-7)3-2-4-8(9)10/h5-6H,2-4H2,1H3. The molecule has 5 nitrogen and oxygen atoms in total. The second kappa shape index (κ2) is 3.42. The maximum Gasteiger partial charge on any atom is 0.247 e. The minimum absolute atomic E-state index is 0.0394. The Hall–Kier alpha value is -1.26. The number of rotatable bonds is 4. The van der Waals surface area contributed by atoms with E-state index in [-0.39, 0.29) is 11.5 Å². The van der Waals surface area contributed by atoms with Gasteiger partial charge in [0.1, 0.15) is 12.5 Å². The second-order valence-electron chi connectivity index (χ2n) is 2.80. The average Bonchev–Trinajstić information content (AvgIpc) is 2.35. The van der Waals surface area contributed by atoms with Crippen LogP contribution >= 0.6 is 0 Å². The Morgan fingerprint density at radius 1 is 1.50 bits per heavy atom. The van der Waals surface area contributed by atoms with Crippen LogP contribution in [0.2, 0.25) is 0 Å². The Morgan fingerprint density at radius 3 is 2.58 bits per heavy atom. The highest BCUT2D eigenvalue weighted by Crippen LogP contribution is 2.24. The molecule has 0 bridgehead atoms. The molecule has 0 amide bonds. The van der Waals surface area contributed by atoms with Crippen LogP contribution in [-0.4, -0.2) is 17.3 Å². The number of ether oxygens (including phenoxy) is 2. The zero-order valence-corrected chi connectivity index (χ0v) is 6.86. The molecule has 5 heteroatoms. The van der Waals surface area contributed by atoms with Gasteiger partial charge in [0.25, 0.3) is 0 Å². The highest BCUT2D eigenvalue weighted by atomic mass is 16.7. The minimum Gasteiger partial charge on any atom is -0.457 e. The lowest BCUT2D eigenvalue weighted by molar-refractivity contribution is -0.481. The van der Waals surface area contributed by atoms with Gasteiger partial charge >= 0.3 is 0 Å². The minimum atomic E-state index is -0.685. The molecule has 0 aromatic rings. The monoisotopic (exact) mass is 173 g/mol. The highest BCUT2D eigenvalue weighted by molar-refractivity contribution is 4.79. The van der Waals surface area contributed by atoms with Gasteiger partial charge in [-0.1, -0.05) is 0 Å². The predicted octanol–water partition coefficient (Wildman–Crippen LogP) is 1.28. The van der Waals surface area contributed by atoms with Gasteiger partial charge < -0.3 is 9.47 Å². The summed E-state index contributed by atoms with van der Waals surface area (Å²) in [7, 11) is 0. The molecule has 0 spiro atoms. The zero-order valence-electron chi connectivity index (χ0n) is 6.86. The van der Waals surface area contributed by atoms with Crippen LogP contribution in [0.15, 0.2) is 12.5 Å². The first-order valence-corrected chi connectivity index (χ1v) is 3.75. The first-order valence-electron chi connectivity index (χ1n) is 3.75. The van der Waals surface area contributed by atoms with Crippen LogP contribution in [0, 0.1) is 10.1 Å². The van der Waals surface area contributed by atoms with E-state index in [9.17, 15) is 10.1 Å². The highest BCUT2D eigenvalue weighted by Gasteiger charge is 2.29. The van der Waals surface area contributed by atoms with Crippen LogP contribution < -0.4 is 0 Å². The van der Waals surface area contributed by atoms with E-state index < -0.39 is 5.79 Å². The molecule has 1 heterocycles. The molecule has 0 N–H and O–H groups in total. The van der Waals surface area contributed by atoms with E-state index in [1.54, 1.807) is 6.92 Å². The molecule has 0 saturated carbocycles. The van der Waals surface area contributed by atoms with Gasteiger partial charge in [-0.2, -0.15) is 0 Å². The van der Waals surface area contributed by atoms with Crippen LogP contribution in [0.3, 0.4) is 0 Å². The quantitative estimate of drug-likeness (QED) is 0.474. The second-order valence-corrected chi connectivity index (χ2v) is 2.80. The summed E-state index contributed by atoms with van der Waals surface area (Å²) in [4.78, 5) is 9.64. The van der Waals surface area contributed by atoms with Gasteiger partial charge in [-0.15, -0.1) is 0 Å². The Kier molecular flexibility index (Phi) is 2.52. The van der Waals surface area contributed by atoms with E-state index in [2.05, 4.69) is 0 Å². The van der Waals surface area contributed by atoms with Crippen LogP contribution in [0.1, 0.15) is 19.8 Å². The van der Waals surface area contributed by atoms with Crippen molar-refractivity contribution in [3.63, 3.8) is 0 Å². The number of hydrogen-bond donors (Lipinski definition) is 0. The molecule has 68 valence electrons. The number of nitrogens with zero attached hydrogens (tertiary/aromatic N) is 1. The molecule has 0 saturated heterocycles. The molecule has 0 aliphatic carbocycles. The van der Waals surface area contributed by atoms with Crippen molar-refractivity contribution in [2.45, 2.75) is 25.6 Å². The van der Waals surface area contributed by atoms with Crippen LogP contribution in [0.5, 0.6) is 0 Å². The lowest BCUT2D eigenvalue weighted by Gasteiger charge is -2.21. The van der Waals surface area contributed by atoms with Gasteiger partial charge in [-0.25, -0.2) is 0 Å². The smallest absolute Gasteiger partial charge is 0.247 e. The predicted molar refractivity (Wildman–Crippen MR) is 40.8 cm³/mol. The average molecular weight is 173 g/mol. The Bertz CT molecular complexity index is 194. The van der Waals surface area contributed by atoms with Gasteiger partial charge in [-0.05, 0) is 0 Å². The van der Waals surface area contributed by atoms with Crippen molar-refractivity contribution < 1.29 is 14.4 Å². The van der Waals surface area contributed by atoms with Crippen molar-refractivity contribution in [3.05, 3.63) is 22.6 Å². The summed E-state index contributed by atoms with van der Waals surface area (Å²) >= 11 is 0. The van der Waals surface area contributed by atoms with Crippen LogP contribution in [0.25, 0.3) is 0 Å². The summed E-state index contributed by atoms with van der Waals surface area (Å²) in [5.74, 6) is -0.685. The molecule has 0 radical (unpaired) electrons. The molecular weight excluding hydrogens is 162 g/mol. The third-order valence-corrected chi connectivity index (χ3v) is 1.66. The molecule has 1 aliphatic rings. The Balaban J connectivity index is 2.18.